The topological polar surface area (TPSA) is 111 Å². The van der Waals surface area contributed by atoms with Crippen molar-refractivity contribution in [3.63, 3.8) is 0 Å². The molecule has 2 N–H and O–H groups in total. The summed E-state index contributed by atoms with van der Waals surface area (Å²) in [5.74, 6) is 2.13. The first-order chi connectivity index (χ1) is 31.9. The number of benzene rings is 1. The third-order valence-corrected chi connectivity index (χ3v) is 13.2. The summed E-state index contributed by atoms with van der Waals surface area (Å²) in [4.78, 5) is 39.1. The zero-order valence-corrected chi connectivity index (χ0v) is 44.5. The lowest BCUT2D eigenvalue weighted by molar-refractivity contribution is -0.884. The number of carbonyl (C=O) groups excluding carboxylic acids is 2. The molecule has 0 spiro atoms. The highest BCUT2D eigenvalue weighted by Gasteiger charge is 2.30. The first kappa shape index (κ1) is 56.5. The largest absolute Gasteiger partial charge is 0.500 e. The molecule has 67 heavy (non-hydrogen) atoms. The predicted molar refractivity (Wildman–Crippen MR) is 282 cm³/mol. The van der Waals surface area contributed by atoms with E-state index in [0.717, 1.165) is 112 Å². The highest BCUT2D eigenvalue weighted by atomic mass is 16.5. The number of rotatable bonds is 12. The van der Waals surface area contributed by atoms with Crippen molar-refractivity contribution in [3.05, 3.63) is 99.5 Å². The number of allylic oxidation sites excluding steroid dienone is 1. The van der Waals surface area contributed by atoms with E-state index in [1.807, 2.05) is 56.7 Å². The lowest BCUT2D eigenvalue weighted by Crippen LogP contribution is -2.44. The average Bonchev–Trinajstić information content (AvgIpc) is 3.99. The Morgan fingerprint density at radius 3 is 2.15 bits per heavy atom. The van der Waals surface area contributed by atoms with Crippen molar-refractivity contribution >= 4 is 34.4 Å². The van der Waals surface area contributed by atoms with Gasteiger partial charge in [-0.15, -0.1) is 0 Å². The van der Waals surface area contributed by atoms with Crippen LogP contribution in [0.4, 0.5) is 5.95 Å². The second-order valence-corrected chi connectivity index (χ2v) is 19.8. The molecule has 7 rings (SSSR count). The molecule has 10 heteroatoms. The number of anilines is 1. The van der Waals surface area contributed by atoms with Crippen LogP contribution in [0.1, 0.15) is 194 Å². The summed E-state index contributed by atoms with van der Waals surface area (Å²) in [7, 11) is 8.01. The van der Waals surface area contributed by atoms with E-state index in [0.29, 0.717) is 11.5 Å². The molecule has 1 aliphatic carbocycles. The molecule has 2 amide bonds. The second kappa shape index (κ2) is 28.5. The molecular weight excluding hydrogens is 831 g/mol. The molecule has 1 saturated heterocycles. The molecule has 0 radical (unpaired) electrons. The molecule has 3 aliphatic rings. The Morgan fingerprint density at radius 2 is 1.58 bits per heavy atom. The third-order valence-electron chi connectivity index (χ3n) is 13.2. The van der Waals surface area contributed by atoms with Gasteiger partial charge in [-0.25, -0.2) is 4.98 Å². The lowest BCUT2D eigenvalue weighted by atomic mass is 9.91. The second-order valence-electron chi connectivity index (χ2n) is 19.8. The van der Waals surface area contributed by atoms with Gasteiger partial charge in [0.25, 0.3) is 5.91 Å². The normalized spacial score (nSPS) is 16.8. The first-order valence-electron chi connectivity index (χ1n) is 25.7. The van der Waals surface area contributed by atoms with Crippen LogP contribution in [0.25, 0.3) is 16.6 Å². The minimum atomic E-state index is -0.203. The van der Waals surface area contributed by atoms with Gasteiger partial charge in [0.2, 0.25) is 11.9 Å². The van der Waals surface area contributed by atoms with Crippen LogP contribution in [-0.4, -0.2) is 70.1 Å². The van der Waals surface area contributed by atoms with E-state index in [9.17, 15) is 9.59 Å². The van der Waals surface area contributed by atoms with Crippen LogP contribution >= 0.6 is 0 Å². The summed E-state index contributed by atoms with van der Waals surface area (Å²) in [5.41, 5.74) is 11.6. The van der Waals surface area contributed by atoms with Gasteiger partial charge < -0.3 is 19.1 Å². The Bertz CT molecular complexity index is 2200. The standard InChI is InChI=1S/C24H29N5O2.C16H22N2O.C8H18.C5H10.C4H10/c1-15-7-8-19-21(11-15)28(3)24(26-19)27-23(30)17-12-16(2)25-20(13-17)18-14-29(4,5)10-9-22(18)31-6;1-5-6-13-10(2)9-15(18-12(13)4)14-8-7-11(3)17-16(14)19;1-4-6-7-8(3)5-2;1-2-4-5-3-1;1-3-4-2/h7-8,11-13H,9-10,14H2,1-6H3;9,14H,3,5-8H2,1-2,4H3,(H,17,19);8H,4-7H2,1-3H3;1-5H2;3-4H2,1-2H3/p+1. The molecule has 2 atom stereocenters. The number of aryl methyl sites for hydroxylation is 5. The summed E-state index contributed by atoms with van der Waals surface area (Å²) in [5, 5.41) is 5.80. The number of pyridine rings is 2. The fourth-order valence-electron chi connectivity index (χ4n) is 8.53. The minimum absolute atomic E-state index is 0.0331. The molecule has 2 aliphatic heterocycles. The molecule has 2 unspecified atom stereocenters. The maximum Gasteiger partial charge on any atom is 0.258 e. The summed E-state index contributed by atoms with van der Waals surface area (Å²) < 4.78 is 8.43. The van der Waals surface area contributed by atoms with Gasteiger partial charge in [0.05, 0.1) is 68.1 Å². The molecule has 10 nitrogen and oxygen atoms in total. The van der Waals surface area contributed by atoms with E-state index >= 15 is 0 Å². The number of piperidine rings is 1. The first-order valence-corrected chi connectivity index (χ1v) is 25.7. The zero-order chi connectivity index (χ0) is 49.7. The number of nitrogens with one attached hydrogen (secondary N) is 2. The van der Waals surface area contributed by atoms with Crippen LogP contribution < -0.4 is 10.6 Å². The minimum Gasteiger partial charge on any atom is -0.500 e. The number of carbonyl (C=O) groups is 2. The van der Waals surface area contributed by atoms with Crippen molar-refractivity contribution in [2.24, 2.45) is 13.0 Å². The van der Waals surface area contributed by atoms with Crippen LogP contribution in [0.3, 0.4) is 0 Å². The number of hydrogen-bond acceptors (Lipinski definition) is 6. The van der Waals surface area contributed by atoms with Gasteiger partial charge in [-0.3, -0.25) is 24.9 Å². The van der Waals surface area contributed by atoms with Gasteiger partial charge in [0.15, 0.2) is 0 Å². The van der Waals surface area contributed by atoms with Crippen LogP contribution in [0.5, 0.6) is 0 Å². The van der Waals surface area contributed by atoms with Gasteiger partial charge in [0, 0.05) is 29.7 Å². The smallest absolute Gasteiger partial charge is 0.258 e. The quantitative estimate of drug-likeness (QED) is 0.137. The molecule has 1 saturated carbocycles. The number of fused-ring (bicyclic) bond motifs is 1. The van der Waals surface area contributed by atoms with Crippen LogP contribution in [0.2, 0.25) is 0 Å². The monoisotopic (exact) mass is 921 g/mol. The van der Waals surface area contributed by atoms with E-state index in [1.54, 1.807) is 7.11 Å². The van der Waals surface area contributed by atoms with Gasteiger partial charge >= 0.3 is 0 Å². The van der Waals surface area contributed by atoms with Gasteiger partial charge in [-0.05, 0) is 99.9 Å². The summed E-state index contributed by atoms with van der Waals surface area (Å²) in [6, 6.07) is 11.8. The molecule has 2 fully saturated rings. The number of nitrogens with zero attached hydrogens (tertiary/aromatic N) is 5. The highest BCUT2D eigenvalue weighted by molar-refractivity contribution is 6.04. The number of aromatic nitrogens is 4. The molecule has 4 aromatic rings. The van der Waals surface area contributed by atoms with E-state index in [4.69, 9.17) is 9.72 Å². The van der Waals surface area contributed by atoms with Crippen molar-refractivity contribution in [1.29, 1.82) is 0 Å². The molecule has 370 valence electrons. The number of likely N-dealkylation sites (N-methyl/N-ethyl adjacent to an activating group) is 1. The highest BCUT2D eigenvalue weighted by Crippen LogP contribution is 2.31. The number of amides is 2. The Hall–Kier alpha value is -4.83. The van der Waals surface area contributed by atoms with Crippen LogP contribution in [0, 0.1) is 33.6 Å². The van der Waals surface area contributed by atoms with Crippen molar-refractivity contribution in [2.45, 2.75) is 178 Å². The number of methoxy groups -OCH3 is 1. The van der Waals surface area contributed by atoms with Crippen molar-refractivity contribution < 1.29 is 18.8 Å². The van der Waals surface area contributed by atoms with E-state index in [2.05, 4.69) is 102 Å². The fourth-order valence-corrected chi connectivity index (χ4v) is 8.53. The summed E-state index contributed by atoms with van der Waals surface area (Å²) in [6.07, 6.45) is 20.4. The predicted octanol–water partition coefficient (Wildman–Crippen LogP) is 13.8. The summed E-state index contributed by atoms with van der Waals surface area (Å²) in [6.45, 7) is 27.1. The summed E-state index contributed by atoms with van der Waals surface area (Å²) >= 11 is 0. The number of quaternary nitrogens is 1. The van der Waals surface area contributed by atoms with E-state index in [-0.39, 0.29) is 17.7 Å². The molecule has 0 bridgehead atoms. The van der Waals surface area contributed by atoms with Crippen LogP contribution in [-0.2, 0) is 23.0 Å². The Kier molecular flexibility index (Phi) is 24.0. The maximum absolute atomic E-state index is 13.1. The molecule has 1 aromatic carbocycles. The molecule has 5 heterocycles. The van der Waals surface area contributed by atoms with Crippen molar-refractivity contribution in [1.82, 2.24) is 24.8 Å². The van der Waals surface area contributed by atoms with Gasteiger partial charge in [0.1, 0.15) is 12.3 Å². The van der Waals surface area contributed by atoms with Gasteiger partial charge in [-0.1, -0.05) is 131 Å². The fraction of sp³-hybridized carbons (Fsp3) is 0.596. The van der Waals surface area contributed by atoms with Crippen molar-refractivity contribution in [3.8, 4) is 0 Å². The Labute approximate surface area is 406 Å². The number of hydrogen-bond donors (Lipinski definition) is 2. The maximum atomic E-state index is 13.1. The Balaban J connectivity index is 0.000000277. The van der Waals surface area contributed by atoms with E-state index in [1.165, 1.54) is 81.8 Å². The zero-order valence-electron chi connectivity index (χ0n) is 44.5. The lowest BCUT2D eigenvalue weighted by Gasteiger charge is -2.35. The number of ether oxygens (including phenoxy) is 1. The van der Waals surface area contributed by atoms with Gasteiger partial charge in [-0.2, -0.15) is 0 Å². The van der Waals surface area contributed by atoms with Crippen LogP contribution in [0.15, 0.2) is 54.4 Å². The Morgan fingerprint density at radius 1 is 0.910 bits per heavy atom. The van der Waals surface area contributed by atoms with Crippen molar-refractivity contribution in [2.75, 3.05) is 39.6 Å². The van der Waals surface area contributed by atoms with E-state index < -0.39 is 0 Å². The molecule has 3 aromatic heterocycles. The average molecular weight is 921 g/mol. The SMILES string of the molecule is C1CCCC1.C=C1CCC(c2cc(C)c(CCC)c(C)n2)C(=O)N1.CCCC.CCCCC(C)CC.COC1=C(c2cc(C(=O)Nc3nc4ccc(C)cc4n3C)cc(C)n2)C[N+](C)(C)CC1. The molecular formula is C57H90N7O3+. The third kappa shape index (κ3) is 18.0. The number of imidazole rings is 1. The number of unbranched alkanes of at least 4 members (excludes halogenated alkanes) is 2.